The first kappa shape index (κ1) is 15.9. The second-order valence-electron chi connectivity index (χ2n) is 6.71. The molecule has 1 N–H and O–H groups in total. The maximum atomic E-state index is 11.5. The summed E-state index contributed by atoms with van der Waals surface area (Å²) < 4.78 is 23.0. The molecule has 0 bridgehead atoms. The summed E-state index contributed by atoms with van der Waals surface area (Å²) in [7, 11) is -2.83. The molecule has 1 saturated heterocycles. The SMILES string of the molecule is Cc1nc(C(C)(C)C)sc1C(C)NC1CCS(=O)(=O)C1. The van der Waals surface area contributed by atoms with Crippen molar-refractivity contribution >= 4 is 21.2 Å². The molecule has 1 aromatic rings. The minimum Gasteiger partial charge on any atom is -0.306 e. The summed E-state index contributed by atoms with van der Waals surface area (Å²) in [4.78, 5) is 5.89. The molecule has 1 aliphatic rings. The van der Waals surface area contributed by atoms with Gasteiger partial charge in [0.05, 0.1) is 22.2 Å². The lowest BCUT2D eigenvalue weighted by Crippen LogP contribution is -2.32. The summed E-state index contributed by atoms with van der Waals surface area (Å²) in [6, 6.07) is 0.233. The molecular formula is C14H24N2O2S2. The van der Waals surface area contributed by atoms with Gasteiger partial charge in [0.2, 0.25) is 0 Å². The van der Waals surface area contributed by atoms with Crippen molar-refractivity contribution in [2.45, 2.75) is 58.5 Å². The van der Waals surface area contributed by atoms with E-state index in [-0.39, 0.29) is 23.3 Å². The first-order valence-corrected chi connectivity index (χ1v) is 9.66. The van der Waals surface area contributed by atoms with Crippen molar-refractivity contribution in [3.63, 3.8) is 0 Å². The molecular weight excluding hydrogens is 292 g/mol. The minimum atomic E-state index is -2.83. The van der Waals surface area contributed by atoms with Crippen LogP contribution in [0.1, 0.15) is 55.7 Å². The number of hydrogen-bond acceptors (Lipinski definition) is 5. The summed E-state index contributed by atoms with van der Waals surface area (Å²) in [6.07, 6.45) is 0.719. The molecule has 0 spiro atoms. The van der Waals surface area contributed by atoms with E-state index in [1.54, 1.807) is 11.3 Å². The van der Waals surface area contributed by atoms with Gasteiger partial charge in [-0.15, -0.1) is 11.3 Å². The van der Waals surface area contributed by atoms with Gasteiger partial charge in [0.1, 0.15) is 0 Å². The molecule has 6 heteroatoms. The van der Waals surface area contributed by atoms with Gasteiger partial charge >= 0.3 is 0 Å². The van der Waals surface area contributed by atoms with Crippen molar-refractivity contribution < 1.29 is 8.42 Å². The molecule has 1 aliphatic heterocycles. The second-order valence-corrected chi connectivity index (χ2v) is 9.97. The maximum absolute atomic E-state index is 11.5. The van der Waals surface area contributed by atoms with Gasteiger partial charge in [-0.05, 0) is 20.3 Å². The molecule has 114 valence electrons. The highest BCUT2D eigenvalue weighted by Crippen LogP contribution is 2.33. The minimum absolute atomic E-state index is 0.0596. The molecule has 0 aliphatic carbocycles. The van der Waals surface area contributed by atoms with Crippen molar-refractivity contribution in [3.8, 4) is 0 Å². The van der Waals surface area contributed by atoms with Crippen LogP contribution >= 0.6 is 11.3 Å². The highest BCUT2D eigenvalue weighted by Gasteiger charge is 2.30. The number of rotatable bonds is 3. The molecule has 0 aromatic carbocycles. The smallest absolute Gasteiger partial charge is 0.151 e. The Morgan fingerprint density at radius 3 is 2.50 bits per heavy atom. The van der Waals surface area contributed by atoms with Crippen LogP contribution in [0.2, 0.25) is 0 Å². The molecule has 2 heterocycles. The first-order valence-electron chi connectivity index (χ1n) is 7.03. The van der Waals surface area contributed by atoms with Crippen LogP contribution in [0.3, 0.4) is 0 Å². The Labute approximate surface area is 125 Å². The topological polar surface area (TPSA) is 59.1 Å². The lowest BCUT2D eigenvalue weighted by Gasteiger charge is -2.18. The lowest BCUT2D eigenvalue weighted by atomic mass is 9.98. The zero-order valence-corrected chi connectivity index (χ0v) is 14.5. The predicted molar refractivity (Wildman–Crippen MR) is 84.2 cm³/mol. The van der Waals surface area contributed by atoms with Crippen LogP contribution in [-0.4, -0.2) is 30.9 Å². The number of hydrogen-bond donors (Lipinski definition) is 1. The number of aryl methyl sites for hydroxylation is 1. The van der Waals surface area contributed by atoms with E-state index in [1.165, 1.54) is 4.88 Å². The summed E-state index contributed by atoms with van der Waals surface area (Å²) in [6.45, 7) is 10.6. The molecule has 1 fully saturated rings. The molecule has 2 rings (SSSR count). The van der Waals surface area contributed by atoms with Gasteiger partial charge in [-0.3, -0.25) is 0 Å². The van der Waals surface area contributed by atoms with Gasteiger partial charge in [0.15, 0.2) is 9.84 Å². The van der Waals surface area contributed by atoms with Crippen LogP contribution in [0, 0.1) is 6.92 Å². The fourth-order valence-electron chi connectivity index (χ4n) is 2.49. The zero-order valence-electron chi connectivity index (χ0n) is 12.9. The largest absolute Gasteiger partial charge is 0.306 e. The Morgan fingerprint density at radius 1 is 1.40 bits per heavy atom. The molecule has 1 aromatic heterocycles. The van der Waals surface area contributed by atoms with Gasteiger partial charge in [-0.2, -0.15) is 0 Å². The number of thiazole rings is 1. The number of aromatic nitrogens is 1. The first-order chi connectivity index (χ1) is 9.08. The second kappa shape index (κ2) is 5.39. The molecule has 4 nitrogen and oxygen atoms in total. The third-order valence-corrected chi connectivity index (χ3v) is 7.12. The molecule has 2 unspecified atom stereocenters. The van der Waals surface area contributed by atoms with Gasteiger partial charge in [0, 0.05) is 22.4 Å². The summed E-state index contributed by atoms with van der Waals surface area (Å²) in [5, 5.41) is 4.58. The molecule has 20 heavy (non-hydrogen) atoms. The molecule has 0 amide bonds. The van der Waals surface area contributed by atoms with E-state index in [0.29, 0.717) is 5.75 Å². The average Bonchev–Trinajstić information content (AvgIpc) is 2.81. The predicted octanol–water partition coefficient (Wildman–Crippen LogP) is 2.59. The molecule has 0 saturated carbocycles. The van der Waals surface area contributed by atoms with Crippen LogP contribution in [0.25, 0.3) is 0 Å². The van der Waals surface area contributed by atoms with Crippen molar-refractivity contribution in [1.82, 2.24) is 10.3 Å². The number of sulfone groups is 1. The van der Waals surface area contributed by atoms with Crippen LogP contribution in [-0.2, 0) is 15.3 Å². The van der Waals surface area contributed by atoms with Crippen molar-refractivity contribution in [2.24, 2.45) is 0 Å². The highest BCUT2D eigenvalue weighted by molar-refractivity contribution is 7.91. The molecule has 2 atom stereocenters. The summed E-state index contributed by atoms with van der Waals surface area (Å²) >= 11 is 1.73. The standard InChI is InChI=1S/C14H24N2O2S2/c1-9(15-11-6-7-20(17,18)8-11)12-10(2)16-13(19-12)14(3,4)5/h9,11,15H,6-8H2,1-5H3. The van der Waals surface area contributed by atoms with Gasteiger partial charge in [0.25, 0.3) is 0 Å². The fourth-order valence-corrected chi connectivity index (χ4v) is 5.31. The summed E-state index contributed by atoms with van der Waals surface area (Å²) in [5.41, 5.74) is 1.12. The average molecular weight is 316 g/mol. The van der Waals surface area contributed by atoms with Crippen molar-refractivity contribution in [2.75, 3.05) is 11.5 Å². The Kier molecular flexibility index (Phi) is 4.29. The summed E-state index contributed by atoms with van der Waals surface area (Å²) in [5.74, 6) is 0.577. The van der Waals surface area contributed by atoms with E-state index in [2.05, 4.69) is 38.0 Å². The Balaban J connectivity index is 2.10. The Bertz CT molecular complexity index is 585. The van der Waals surface area contributed by atoms with E-state index < -0.39 is 9.84 Å². The van der Waals surface area contributed by atoms with E-state index >= 15 is 0 Å². The number of nitrogens with zero attached hydrogens (tertiary/aromatic N) is 1. The van der Waals surface area contributed by atoms with Gasteiger partial charge in [-0.25, -0.2) is 13.4 Å². The van der Waals surface area contributed by atoms with Crippen molar-refractivity contribution in [3.05, 3.63) is 15.6 Å². The zero-order chi connectivity index (χ0) is 15.1. The van der Waals surface area contributed by atoms with Crippen LogP contribution in [0.4, 0.5) is 0 Å². The van der Waals surface area contributed by atoms with Crippen LogP contribution in [0.5, 0.6) is 0 Å². The third kappa shape index (κ3) is 3.59. The number of nitrogens with one attached hydrogen (secondary N) is 1. The quantitative estimate of drug-likeness (QED) is 0.931. The fraction of sp³-hybridized carbons (Fsp3) is 0.786. The van der Waals surface area contributed by atoms with E-state index in [4.69, 9.17) is 0 Å². The van der Waals surface area contributed by atoms with E-state index in [9.17, 15) is 8.42 Å². The maximum Gasteiger partial charge on any atom is 0.151 e. The Morgan fingerprint density at radius 2 is 2.05 bits per heavy atom. The van der Waals surface area contributed by atoms with Crippen molar-refractivity contribution in [1.29, 1.82) is 0 Å². The lowest BCUT2D eigenvalue weighted by molar-refractivity contribution is 0.488. The monoisotopic (exact) mass is 316 g/mol. The van der Waals surface area contributed by atoms with Gasteiger partial charge < -0.3 is 5.32 Å². The Hall–Kier alpha value is -0.460. The normalized spacial score (nSPS) is 23.9. The highest BCUT2D eigenvalue weighted by atomic mass is 32.2. The van der Waals surface area contributed by atoms with E-state index in [1.807, 2.05) is 6.92 Å². The van der Waals surface area contributed by atoms with Crippen LogP contribution < -0.4 is 5.32 Å². The molecule has 0 radical (unpaired) electrons. The van der Waals surface area contributed by atoms with Gasteiger partial charge in [-0.1, -0.05) is 20.8 Å². The van der Waals surface area contributed by atoms with Crippen LogP contribution in [0.15, 0.2) is 0 Å². The van der Waals surface area contributed by atoms with E-state index in [0.717, 1.165) is 17.1 Å². The third-order valence-electron chi connectivity index (χ3n) is 3.59.